The molecule has 0 unspecified atom stereocenters. The van der Waals surface area contributed by atoms with Crippen molar-refractivity contribution in [2.24, 2.45) is 0 Å². The van der Waals surface area contributed by atoms with Gasteiger partial charge >= 0.3 is 0 Å². The highest BCUT2D eigenvalue weighted by Gasteiger charge is 2.40. The van der Waals surface area contributed by atoms with E-state index in [-0.39, 0.29) is 15.4 Å². The average molecular weight is 487 g/mol. The Labute approximate surface area is 197 Å². The highest BCUT2D eigenvalue weighted by Crippen LogP contribution is 2.43. The van der Waals surface area contributed by atoms with Crippen LogP contribution in [0.15, 0.2) is 52.9 Å². The van der Waals surface area contributed by atoms with Crippen molar-refractivity contribution in [1.82, 2.24) is 14.9 Å². The van der Waals surface area contributed by atoms with E-state index in [1.54, 1.807) is 12.1 Å². The Morgan fingerprint density at radius 2 is 1.82 bits per heavy atom. The number of fused-ring (bicyclic) bond motifs is 1. The van der Waals surface area contributed by atoms with E-state index in [4.69, 9.17) is 4.74 Å². The van der Waals surface area contributed by atoms with Crippen LogP contribution in [0, 0.1) is 6.92 Å². The number of rotatable bonds is 7. The zero-order valence-corrected chi connectivity index (χ0v) is 20.3. The van der Waals surface area contributed by atoms with Gasteiger partial charge in [0.2, 0.25) is 9.47 Å². The van der Waals surface area contributed by atoms with Gasteiger partial charge in [-0.3, -0.25) is 10.1 Å². The molecular formula is C23H26N4O4S2. The lowest BCUT2D eigenvalue weighted by atomic mass is 9.84. The molecule has 0 fully saturated rings. The molecule has 4 rings (SSSR count). The van der Waals surface area contributed by atoms with Gasteiger partial charge in [-0.25, -0.2) is 13.1 Å². The number of hydrogen-bond donors (Lipinski definition) is 2. The Balaban J connectivity index is 1.55. The first-order valence-electron chi connectivity index (χ1n) is 10.8. The molecule has 2 N–H and O–H groups in total. The SMILES string of the molecule is CCC1(CC)C[C@H](NS(=O)(=O)c2nnc(NC(=O)c3ccccc3C)s2)c2ccccc2O1. The summed E-state index contributed by atoms with van der Waals surface area (Å²) in [5, 5.41) is 10.4. The van der Waals surface area contributed by atoms with E-state index < -0.39 is 21.7 Å². The van der Waals surface area contributed by atoms with Gasteiger partial charge in [-0.15, -0.1) is 10.2 Å². The van der Waals surface area contributed by atoms with Gasteiger partial charge in [0.1, 0.15) is 11.4 Å². The molecule has 0 radical (unpaired) electrons. The zero-order chi connectivity index (χ0) is 23.6. The summed E-state index contributed by atoms with van der Waals surface area (Å²) in [7, 11) is -3.97. The maximum Gasteiger partial charge on any atom is 0.270 e. The predicted octanol–water partition coefficient (Wildman–Crippen LogP) is 4.46. The molecule has 174 valence electrons. The van der Waals surface area contributed by atoms with Crippen molar-refractivity contribution in [3.8, 4) is 5.75 Å². The van der Waals surface area contributed by atoms with Gasteiger partial charge in [0.25, 0.3) is 15.9 Å². The number of amides is 1. The first kappa shape index (κ1) is 23.3. The number of para-hydroxylation sites is 1. The van der Waals surface area contributed by atoms with Crippen molar-refractivity contribution in [2.75, 3.05) is 5.32 Å². The number of ether oxygens (including phenoxy) is 1. The highest BCUT2D eigenvalue weighted by atomic mass is 32.2. The van der Waals surface area contributed by atoms with Crippen molar-refractivity contribution >= 4 is 32.4 Å². The first-order valence-corrected chi connectivity index (χ1v) is 13.1. The third-order valence-electron chi connectivity index (χ3n) is 6.03. The summed E-state index contributed by atoms with van der Waals surface area (Å²) in [6.07, 6.45) is 2.01. The molecule has 8 nitrogen and oxygen atoms in total. The van der Waals surface area contributed by atoms with E-state index >= 15 is 0 Å². The van der Waals surface area contributed by atoms with Crippen molar-refractivity contribution in [3.05, 3.63) is 65.2 Å². The molecule has 1 aromatic heterocycles. The number of nitrogens with one attached hydrogen (secondary N) is 2. The number of hydrogen-bond acceptors (Lipinski definition) is 7. The van der Waals surface area contributed by atoms with Gasteiger partial charge in [-0.05, 0) is 37.5 Å². The van der Waals surface area contributed by atoms with Crippen LogP contribution in [0.3, 0.4) is 0 Å². The highest BCUT2D eigenvalue weighted by molar-refractivity contribution is 7.91. The van der Waals surface area contributed by atoms with Crippen molar-refractivity contribution in [2.45, 2.75) is 56.0 Å². The number of carbonyl (C=O) groups is 1. The van der Waals surface area contributed by atoms with Crippen molar-refractivity contribution in [3.63, 3.8) is 0 Å². The molecule has 0 bridgehead atoms. The minimum atomic E-state index is -3.97. The predicted molar refractivity (Wildman–Crippen MR) is 127 cm³/mol. The molecule has 1 aliphatic heterocycles. The lowest BCUT2D eigenvalue weighted by Gasteiger charge is -2.41. The first-order chi connectivity index (χ1) is 15.8. The van der Waals surface area contributed by atoms with Gasteiger partial charge in [-0.1, -0.05) is 61.6 Å². The Kier molecular flexibility index (Phi) is 6.51. The molecule has 3 aromatic rings. The van der Waals surface area contributed by atoms with Crippen LogP contribution < -0.4 is 14.8 Å². The fourth-order valence-electron chi connectivity index (χ4n) is 4.01. The summed E-state index contributed by atoms with van der Waals surface area (Å²) >= 11 is 0.814. The zero-order valence-electron chi connectivity index (χ0n) is 18.7. The van der Waals surface area contributed by atoms with Crippen LogP contribution in [0.4, 0.5) is 5.13 Å². The minimum absolute atomic E-state index is 0.118. The fraction of sp³-hybridized carbons (Fsp3) is 0.348. The normalized spacial score (nSPS) is 17.1. The Morgan fingerprint density at radius 3 is 2.55 bits per heavy atom. The number of aryl methyl sites for hydroxylation is 1. The van der Waals surface area contributed by atoms with Crippen LogP contribution in [0.1, 0.15) is 60.6 Å². The largest absolute Gasteiger partial charge is 0.487 e. The molecule has 0 saturated carbocycles. The van der Waals surface area contributed by atoms with Gasteiger partial charge in [-0.2, -0.15) is 0 Å². The second kappa shape index (κ2) is 9.20. The van der Waals surface area contributed by atoms with Gasteiger partial charge in [0, 0.05) is 17.5 Å². The lowest BCUT2D eigenvalue weighted by Crippen LogP contribution is -2.44. The summed E-state index contributed by atoms with van der Waals surface area (Å²) in [4.78, 5) is 12.5. The van der Waals surface area contributed by atoms with Crippen molar-refractivity contribution in [1.29, 1.82) is 0 Å². The third kappa shape index (κ3) is 4.78. The fourth-order valence-corrected chi connectivity index (χ4v) is 6.13. The molecule has 10 heteroatoms. The van der Waals surface area contributed by atoms with Crippen LogP contribution in [0.25, 0.3) is 0 Å². The second-order valence-electron chi connectivity index (χ2n) is 8.05. The summed E-state index contributed by atoms with van der Waals surface area (Å²) in [5.41, 5.74) is 1.64. The number of aromatic nitrogens is 2. The maximum absolute atomic E-state index is 13.2. The topological polar surface area (TPSA) is 110 Å². The Morgan fingerprint density at radius 1 is 1.12 bits per heavy atom. The monoisotopic (exact) mass is 486 g/mol. The molecule has 1 aliphatic rings. The van der Waals surface area contributed by atoms with Crippen LogP contribution in [0.2, 0.25) is 0 Å². The number of carbonyl (C=O) groups excluding carboxylic acids is 1. The minimum Gasteiger partial charge on any atom is -0.487 e. The molecule has 0 spiro atoms. The van der Waals surface area contributed by atoms with Crippen LogP contribution in [-0.4, -0.2) is 30.1 Å². The molecular weight excluding hydrogens is 460 g/mol. The molecule has 33 heavy (non-hydrogen) atoms. The molecule has 2 heterocycles. The molecule has 0 aliphatic carbocycles. The smallest absolute Gasteiger partial charge is 0.270 e. The summed E-state index contributed by atoms with van der Waals surface area (Å²) in [6.45, 7) is 5.90. The quantitative estimate of drug-likeness (QED) is 0.477. The average Bonchev–Trinajstić information content (AvgIpc) is 3.28. The van der Waals surface area contributed by atoms with Crippen LogP contribution in [0.5, 0.6) is 5.75 Å². The maximum atomic E-state index is 13.2. The Hall–Kier alpha value is -2.82. The van der Waals surface area contributed by atoms with Crippen LogP contribution in [-0.2, 0) is 10.0 Å². The van der Waals surface area contributed by atoms with E-state index in [0.29, 0.717) is 17.7 Å². The van der Waals surface area contributed by atoms with Crippen LogP contribution >= 0.6 is 11.3 Å². The molecule has 2 aromatic carbocycles. The molecule has 1 amide bonds. The van der Waals surface area contributed by atoms with E-state index in [2.05, 4.69) is 20.2 Å². The number of anilines is 1. The van der Waals surface area contributed by atoms with Gasteiger partial charge in [0.05, 0.1) is 6.04 Å². The van der Waals surface area contributed by atoms with Crippen molar-refractivity contribution < 1.29 is 17.9 Å². The number of nitrogens with zero attached hydrogens (tertiary/aromatic N) is 2. The van der Waals surface area contributed by atoms with E-state index in [0.717, 1.165) is 35.3 Å². The van der Waals surface area contributed by atoms with E-state index in [1.165, 1.54) is 0 Å². The Bertz CT molecular complexity index is 1270. The molecule has 0 saturated heterocycles. The summed E-state index contributed by atoms with van der Waals surface area (Å²) in [6, 6.07) is 14.1. The molecule has 1 atom stereocenters. The third-order valence-corrected chi connectivity index (χ3v) is 8.71. The van der Waals surface area contributed by atoms with E-state index in [1.807, 2.05) is 57.2 Å². The van der Waals surface area contributed by atoms with Gasteiger partial charge < -0.3 is 4.74 Å². The number of benzene rings is 2. The second-order valence-corrected chi connectivity index (χ2v) is 10.9. The summed E-state index contributed by atoms with van der Waals surface area (Å²) in [5.74, 6) is 0.318. The summed E-state index contributed by atoms with van der Waals surface area (Å²) < 4.78 is 35.2. The van der Waals surface area contributed by atoms with Gasteiger partial charge in [0.15, 0.2) is 0 Å². The lowest BCUT2D eigenvalue weighted by molar-refractivity contribution is 0.0260. The number of sulfonamides is 1. The standard InChI is InChI=1S/C23H26N4O4S2/c1-4-23(5-2)14-18(17-12-8-9-13-19(17)31-23)27-33(29,30)22-26-25-21(32-22)24-20(28)16-11-7-6-10-15(16)3/h6-13,18,27H,4-5,14H2,1-3H3,(H,24,25,28)/t18-/m0/s1. The van der Waals surface area contributed by atoms with E-state index in [9.17, 15) is 13.2 Å².